The van der Waals surface area contributed by atoms with Crippen molar-refractivity contribution in [3.05, 3.63) is 70.0 Å². The third-order valence-corrected chi connectivity index (χ3v) is 3.29. The zero-order valence-electron chi connectivity index (χ0n) is 12.1. The molecule has 0 fully saturated rings. The molecule has 0 saturated heterocycles. The zero-order chi connectivity index (χ0) is 17.0. The quantitative estimate of drug-likeness (QED) is 0.823. The summed E-state index contributed by atoms with van der Waals surface area (Å²) in [5, 5.41) is 11.9. The number of anilines is 1. The second-order valence-electron chi connectivity index (χ2n) is 4.83. The normalized spacial score (nSPS) is 11.2. The molecule has 0 aliphatic heterocycles. The highest BCUT2D eigenvalue weighted by molar-refractivity contribution is 6.31. The molecule has 2 aromatic carbocycles. The van der Waals surface area contributed by atoms with Gasteiger partial charge in [-0.3, -0.25) is 4.79 Å². The second kappa shape index (κ2) is 7.07. The third-order valence-electron chi connectivity index (χ3n) is 3.05. The van der Waals surface area contributed by atoms with E-state index >= 15 is 0 Å². The Kier molecular flexibility index (Phi) is 5.13. The Bertz CT molecular complexity index is 802. The van der Waals surface area contributed by atoms with Gasteiger partial charge in [0.2, 0.25) is 0 Å². The van der Waals surface area contributed by atoms with Gasteiger partial charge in [0.25, 0.3) is 5.91 Å². The molecule has 0 aromatic heterocycles. The predicted molar refractivity (Wildman–Crippen MR) is 87.1 cm³/mol. The Morgan fingerprint density at radius 2 is 1.96 bits per heavy atom. The molecule has 2 aromatic rings. The maximum absolute atomic E-state index is 13.1. The largest absolute Gasteiger partial charge is 0.478 e. The first kappa shape index (κ1) is 16.7. The van der Waals surface area contributed by atoms with Crippen LogP contribution in [0.25, 0.3) is 6.08 Å². The standard InChI is InChI=1S/C17H13ClFNO3/c1-10(7-11-3-2-4-13(19)8-11)16(21)20-15-6-5-12(18)9-14(15)17(22)23/h2-9H,1H3,(H,20,21)(H,22,23)/b10-7+. The molecule has 2 rings (SSSR count). The van der Waals surface area contributed by atoms with Crippen LogP contribution in [0.4, 0.5) is 10.1 Å². The Morgan fingerprint density at radius 3 is 2.61 bits per heavy atom. The zero-order valence-corrected chi connectivity index (χ0v) is 12.9. The van der Waals surface area contributed by atoms with Gasteiger partial charge in [-0.15, -0.1) is 0 Å². The molecule has 118 valence electrons. The van der Waals surface area contributed by atoms with E-state index in [0.29, 0.717) is 11.1 Å². The molecule has 0 saturated carbocycles. The first-order valence-corrected chi connectivity index (χ1v) is 7.02. The lowest BCUT2D eigenvalue weighted by molar-refractivity contribution is -0.112. The number of halogens is 2. The highest BCUT2D eigenvalue weighted by Gasteiger charge is 2.14. The minimum Gasteiger partial charge on any atom is -0.478 e. The number of carbonyl (C=O) groups is 2. The lowest BCUT2D eigenvalue weighted by Gasteiger charge is -2.09. The van der Waals surface area contributed by atoms with Gasteiger partial charge in [0, 0.05) is 10.6 Å². The first-order valence-electron chi connectivity index (χ1n) is 6.65. The molecule has 0 atom stereocenters. The number of hydrogen-bond acceptors (Lipinski definition) is 2. The highest BCUT2D eigenvalue weighted by Crippen LogP contribution is 2.21. The molecule has 0 aliphatic rings. The molecular formula is C17H13ClFNO3. The van der Waals surface area contributed by atoms with Crippen LogP contribution in [-0.2, 0) is 4.79 Å². The van der Waals surface area contributed by atoms with E-state index in [9.17, 15) is 14.0 Å². The number of rotatable bonds is 4. The maximum Gasteiger partial charge on any atom is 0.337 e. The molecule has 4 nitrogen and oxygen atoms in total. The third kappa shape index (κ3) is 4.40. The van der Waals surface area contributed by atoms with Crippen LogP contribution in [0.3, 0.4) is 0 Å². The van der Waals surface area contributed by atoms with E-state index in [1.165, 1.54) is 42.5 Å². The van der Waals surface area contributed by atoms with Crippen LogP contribution in [-0.4, -0.2) is 17.0 Å². The number of carboxylic acid groups (broad SMARTS) is 1. The fourth-order valence-electron chi connectivity index (χ4n) is 1.94. The van der Waals surface area contributed by atoms with Gasteiger partial charge in [0.05, 0.1) is 11.3 Å². The van der Waals surface area contributed by atoms with Crippen molar-refractivity contribution in [2.75, 3.05) is 5.32 Å². The van der Waals surface area contributed by atoms with Crippen molar-refractivity contribution in [3.8, 4) is 0 Å². The van der Waals surface area contributed by atoms with Gasteiger partial charge in [-0.25, -0.2) is 9.18 Å². The highest BCUT2D eigenvalue weighted by atomic mass is 35.5. The van der Waals surface area contributed by atoms with Crippen molar-refractivity contribution < 1.29 is 19.1 Å². The average Bonchev–Trinajstić information content (AvgIpc) is 2.48. The molecule has 0 heterocycles. The number of carbonyl (C=O) groups excluding carboxylic acids is 1. The van der Waals surface area contributed by atoms with Crippen LogP contribution >= 0.6 is 11.6 Å². The van der Waals surface area contributed by atoms with Gasteiger partial charge in [-0.1, -0.05) is 23.7 Å². The number of hydrogen-bond donors (Lipinski definition) is 2. The summed E-state index contributed by atoms with van der Waals surface area (Å²) in [4.78, 5) is 23.4. The summed E-state index contributed by atoms with van der Waals surface area (Å²) in [6, 6.07) is 9.94. The molecule has 6 heteroatoms. The van der Waals surface area contributed by atoms with Gasteiger partial charge >= 0.3 is 5.97 Å². The molecule has 1 amide bonds. The van der Waals surface area contributed by atoms with E-state index in [4.69, 9.17) is 16.7 Å². The first-order chi connectivity index (χ1) is 10.9. The number of carboxylic acids is 1. The Hall–Kier alpha value is -2.66. The minimum absolute atomic E-state index is 0.107. The number of amides is 1. The van der Waals surface area contributed by atoms with Crippen LogP contribution < -0.4 is 5.32 Å². The summed E-state index contributed by atoms with van der Waals surface area (Å²) >= 11 is 5.76. The van der Waals surface area contributed by atoms with Crippen molar-refractivity contribution in [2.45, 2.75) is 6.92 Å². The van der Waals surface area contributed by atoms with Gasteiger partial charge in [0.15, 0.2) is 0 Å². The van der Waals surface area contributed by atoms with E-state index in [0.717, 1.165) is 0 Å². The Morgan fingerprint density at radius 1 is 1.22 bits per heavy atom. The fraction of sp³-hybridized carbons (Fsp3) is 0.0588. The van der Waals surface area contributed by atoms with Crippen molar-refractivity contribution in [2.24, 2.45) is 0 Å². The summed E-state index contributed by atoms with van der Waals surface area (Å²) in [5.74, 6) is -2.09. The Balaban J connectivity index is 2.23. The summed E-state index contributed by atoms with van der Waals surface area (Å²) in [6.45, 7) is 1.55. The predicted octanol–water partition coefficient (Wildman–Crippen LogP) is 4.22. The lowest BCUT2D eigenvalue weighted by Crippen LogP contribution is -2.15. The van der Waals surface area contributed by atoms with Crippen LogP contribution in [0.2, 0.25) is 5.02 Å². The Labute approximate surface area is 137 Å². The van der Waals surface area contributed by atoms with Crippen molar-refractivity contribution in [1.29, 1.82) is 0 Å². The lowest BCUT2D eigenvalue weighted by atomic mass is 10.1. The van der Waals surface area contributed by atoms with Crippen LogP contribution in [0, 0.1) is 5.82 Å². The van der Waals surface area contributed by atoms with Crippen LogP contribution in [0.15, 0.2) is 48.0 Å². The SMILES string of the molecule is C/C(=C\c1cccc(F)c1)C(=O)Nc1ccc(Cl)cc1C(=O)O. The average molecular weight is 334 g/mol. The minimum atomic E-state index is -1.20. The van der Waals surface area contributed by atoms with Gasteiger partial charge in [-0.05, 0) is 48.9 Å². The summed E-state index contributed by atoms with van der Waals surface area (Å²) in [7, 11) is 0. The molecule has 0 radical (unpaired) electrons. The van der Waals surface area contributed by atoms with Gasteiger partial charge in [-0.2, -0.15) is 0 Å². The fourth-order valence-corrected chi connectivity index (χ4v) is 2.11. The van der Waals surface area contributed by atoms with Crippen molar-refractivity contribution >= 4 is 35.2 Å². The molecule has 0 spiro atoms. The maximum atomic E-state index is 13.1. The van der Waals surface area contributed by atoms with E-state index < -0.39 is 17.7 Å². The molecule has 2 N–H and O–H groups in total. The van der Waals surface area contributed by atoms with Gasteiger partial charge < -0.3 is 10.4 Å². The second-order valence-corrected chi connectivity index (χ2v) is 5.27. The molecular weight excluding hydrogens is 321 g/mol. The number of benzene rings is 2. The van der Waals surface area contributed by atoms with Crippen molar-refractivity contribution in [1.82, 2.24) is 0 Å². The summed E-state index contributed by atoms with van der Waals surface area (Å²) in [6.07, 6.45) is 1.51. The smallest absolute Gasteiger partial charge is 0.337 e. The van der Waals surface area contributed by atoms with Gasteiger partial charge in [0.1, 0.15) is 5.82 Å². The number of nitrogens with one attached hydrogen (secondary N) is 1. The molecule has 0 bridgehead atoms. The topological polar surface area (TPSA) is 66.4 Å². The summed E-state index contributed by atoms with van der Waals surface area (Å²) in [5.41, 5.74) is 0.873. The number of aromatic carboxylic acids is 1. The molecule has 23 heavy (non-hydrogen) atoms. The van der Waals surface area contributed by atoms with Crippen LogP contribution in [0.5, 0.6) is 0 Å². The van der Waals surface area contributed by atoms with Crippen LogP contribution in [0.1, 0.15) is 22.8 Å². The monoisotopic (exact) mass is 333 g/mol. The van der Waals surface area contributed by atoms with E-state index in [1.54, 1.807) is 13.0 Å². The van der Waals surface area contributed by atoms with E-state index in [2.05, 4.69) is 5.32 Å². The van der Waals surface area contributed by atoms with E-state index in [1.807, 2.05) is 0 Å². The molecule has 0 unspecified atom stereocenters. The summed E-state index contributed by atoms with van der Waals surface area (Å²) < 4.78 is 13.1. The molecule has 0 aliphatic carbocycles. The van der Waals surface area contributed by atoms with Crippen molar-refractivity contribution in [3.63, 3.8) is 0 Å². The van der Waals surface area contributed by atoms with E-state index in [-0.39, 0.29) is 16.3 Å².